The van der Waals surface area contributed by atoms with Crippen molar-refractivity contribution in [1.29, 1.82) is 0 Å². The van der Waals surface area contributed by atoms with E-state index in [9.17, 15) is 4.79 Å². The third-order valence-corrected chi connectivity index (χ3v) is 2.99. The maximum absolute atomic E-state index is 11.6. The summed E-state index contributed by atoms with van der Waals surface area (Å²) in [5.74, 6) is -0.00145. The zero-order chi connectivity index (χ0) is 13.7. The number of aryl methyl sites for hydroxylation is 1. The molecule has 0 aliphatic heterocycles. The molecule has 0 saturated carbocycles. The molecule has 0 bridgehead atoms. The minimum absolute atomic E-state index is 0.00145. The number of benzene rings is 1. The van der Waals surface area contributed by atoms with Crippen LogP contribution in [0.2, 0.25) is 0 Å². The predicted octanol–water partition coefficient (Wildman–Crippen LogP) is 1.31. The van der Waals surface area contributed by atoms with Crippen molar-refractivity contribution in [3.8, 4) is 0 Å². The lowest BCUT2D eigenvalue weighted by Crippen LogP contribution is -2.27. The lowest BCUT2D eigenvalue weighted by atomic mass is 10.3. The van der Waals surface area contributed by atoms with Crippen molar-refractivity contribution in [3.63, 3.8) is 0 Å². The van der Waals surface area contributed by atoms with Gasteiger partial charge in [0, 0.05) is 19.5 Å². The third kappa shape index (κ3) is 3.79. The van der Waals surface area contributed by atoms with Gasteiger partial charge in [0.25, 0.3) is 0 Å². The monoisotopic (exact) mass is 261 g/mol. The van der Waals surface area contributed by atoms with Crippen LogP contribution in [0.1, 0.15) is 19.8 Å². The molecule has 2 aromatic rings. The number of nitrogens with one attached hydrogen (secondary N) is 1. The van der Waals surface area contributed by atoms with E-state index >= 15 is 0 Å². The number of fused-ring (bicyclic) bond motifs is 1. The first-order chi connectivity index (χ1) is 9.16. The maximum Gasteiger partial charge on any atom is 0.221 e. The average Bonchev–Trinajstić information content (AvgIpc) is 2.79. The summed E-state index contributed by atoms with van der Waals surface area (Å²) >= 11 is 0. The molecule has 0 fully saturated rings. The number of carbonyl (C=O) groups is 1. The van der Waals surface area contributed by atoms with Gasteiger partial charge in [-0.25, -0.2) is 4.98 Å². The van der Waals surface area contributed by atoms with Crippen molar-refractivity contribution in [1.82, 2.24) is 14.9 Å². The molecule has 2 rings (SSSR count). The SMILES string of the molecule is CC(O)CCNC(=O)CCn1cnc2ccccc21. The van der Waals surface area contributed by atoms with Crippen LogP contribution in [0, 0.1) is 0 Å². The Morgan fingerprint density at radius 2 is 2.26 bits per heavy atom. The second kappa shape index (κ2) is 6.33. The van der Waals surface area contributed by atoms with Crippen LogP contribution in [-0.2, 0) is 11.3 Å². The standard InChI is InChI=1S/C14H19N3O2/c1-11(18)6-8-15-14(19)7-9-17-10-16-12-4-2-3-5-13(12)17/h2-5,10-11,18H,6-9H2,1H3,(H,15,19). The Morgan fingerprint density at radius 3 is 3.05 bits per heavy atom. The fourth-order valence-corrected chi connectivity index (χ4v) is 1.92. The van der Waals surface area contributed by atoms with E-state index in [-0.39, 0.29) is 12.0 Å². The first kappa shape index (κ1) is 13.5. The first-order valence-electron chi connectivity index (χ1n) is 6.51. The van der Waals surface area contributed by atoms with Gasteiger partial charge in [-0.2, -0.15) is 0 Å². The fourth-order valence-electron chi connectivity index (χ4n) is 1.92. The van der Waals surface area contributed by atoms with E-state index in [1.165, 1.54) is 0 Å². The number of rotatable bonds is 6. The summed E-state index contributed by atoms with van der Waals surface area (Å²) in [6, 6.07) is 7.86. The van der Waals surface area contributed by atoms with Crippen molar-refractivity contribution in [3.05, 3.63) is 30.6 Å². The van der Waals surface area contributed by atoms with Crippen LogP contribution in [0.3, 0.4) is 0 Å². The molecule has 1 aromatic heterocycles. The van der Waals surface area contributed by atoms with Crippen LogP contribution in [0.4, 0.5) is 0 Å². The lowest BCUT2D eigenvalue weighted by molar-refractivity contribution is -0.121. The Morgan fingerprint density at radius 1 is 1.47 bits per heavy atom. The van der Waals surface area contributed by atoms with E-state index in [0.29, 0.717) is 25.9 Å². The van der Waals surface area contributed by atoms with Gasteiger partial charge < -0.3 is 15.0 Å². The zero-order valence-corrected chi connectivity index (χ0v) is 11.0. The number of carbonyl (C=O) groups excluding carboxylic acids is 1. The van der Waals surface area contributed by atoms with E-state index in [1.807, 2.05) is 28.8 Å². The molecule has 1 atom stereocenters. The van der Waals surface area contributed by atoms with E-state index in [2.05, 4.69) is 10.3 Å². The van der Waals surface area contributed by atoms with Crippen molar-refractivity contribution in [2.45, 2.75) is 32.4 Å². The Labute approximate surface area is 112 Å². The Hall–Kier alpha value is -1.88. The smallest absolute Gasteiger partial charge is 0.221 e. The number of nitrogens with zero attached hydrogens (tertiary/aromatic N) is 2. The van der Waals surface area contributed by atoms with Gasteiger partial charge in [0.15, 0.2) is 0 Å². The number of aliphatic hydroxyl groups excluding tert-OH is 1. The molecule has 0 radical (unpaired) electrons. The molecular weight excluding hydrogens is 242 g/mol. The molecule has 0 spiro atoms. The Kier molecular flexibility index (Phi) is 4.52. The van der Waals surface area contributed by atoms with Crippen molar-refractivity contribution in [2.75, 3.05) is 6.54 Å². The molecule has 1 amide bonds. The third-order valence-electron chi connectivity index (χ3n) is 2.99. The van der Waals surface area contributed by atoms with Crippen LogP contribution in [0.15, 0.2) is 30.6 Å². The predicted molar refractivity (Wildman–Crippen MR) is 73.7 cm³/mol. The maximum atomic E-state index is 11.6. The molecule has 0 aliphatic rings. The number of para-hydroxylation sites is 2. The Bertz CT molecular complexity index is 548. The van der Waals surface area contributed by atoms with E-state index < -0.39 is 0 Å². The molecule has 1 unspecified atom stereocenters. The molecule has 19 heavy (non-hydrogen) atoms. The number of aromatic nitrogens is 2. The minimum atomic E-state index is -0.377. The normalized spacial score (nSPS) is 12.5. The largest absolute Gasteiger partial charge is 0.393 e. The fraction of sp³-hybridized carbons (Fsp3) is 0.429. The summed E-state index contributed by atoms with van der Waals surface area (Å²) in [6.45, 7) is 2.84. The van der Waals surface area contributed by atoms with E-state index in [1.54, 1.807) is 13.3 Å². The molecule has 1 aromatic carbocycles. The van der Waals surface area contributed by atoms with Crippen molar-refractivity contribution >= 4 is 16.9 Å². The van der Waals surface area contributed by atoms with Crippen LogP contribution < -0.4 is 5.32 Å². The van der Waals surface area contributed by atoms with Crippen molar-refractivity contribution < 1.29 is 9.90 Å². The molecule has 2 N–H and O–H groups in total. The molecule has 5 heteroatoms. The minimum Gasteiger partial charge on any atom is -0.393 e. The van der Waals surface area contributed by atoms with Crippen LogP contribution in [0.5, 0.6) is 0 Å². The Balaban J connectivity index is 1.83. The molecule has 102 valence electrons. The highest BCUT2D eigenvalue weighted by Crippen LogP contribution is 2.11. The summed E-state index contributed by atoms with van der Waals surface area (Å²) in [4.78, 5) is 15.9. The summed E-state index contributed by atoms with van der Waals surface area (Å²) < 4.78 is 1.98. The highest BCUT2D eigenvalue weighted by Gasteiger charge is 2.05. The second-order valence-corrected chi connectivity index (χ2v) is 4.66. The molecular formula is C14H19N3O2. The van der Waals surface area contributed by atoms with Crippen LogP contribution in [-0.4, -0.2) is 33.2 Å². The molecule has 1 heterocycles. The van der Waals surface area contributed by atoms with Crippen LogP contribution in [0.25, 0.3) is 11.0 Å². The number of hydrogen-bond acceptors (Lipinski definition) is 3. The van der Waals surface area contributed by atoms with Gasteiger partial charge in [0.2, 0.25) is 5.91 Å². The zero-order valence-electron chi connectivity index (χ0n) is 11.0. The van der Waals surface area contributed by atoms with E-state index in [4.69, 9.17) is 5.11 Å². The highest BCUT2D eigenvalue weighted by molar-refractivity contribution is 5.77. The second-order valence-electron chi connectivity index (χ2n) is 4.66. The van der Waals surface area contributed by atoms with Gasteiger partial charge >= 0.3 is 0 Å². The lowest BCUT2D eigenvalue weighted by Gasteiger charge is -2.07. The number of hydrogen-bond donors (Lipinski definition) is 2. The van der Waals surface area contributed by atoms with Gasteiger partial charge in [-0.1, -0.05) is 12.1 Å². The van der Waals surface area contributed by atoms with Gasteiger partial charge in [0.1, 0.15) is 0 Å². The van der Waals surface area contributed by atoms with Crippen molar-refractivity contribution in [2.24, 2.45) is 0 Å². The highest BCUT2D eigenvalue weighted by atomic mass is 16.3. The van der Waals surface area contributed by atoms with Gasteiger partial charge in [-0.15, -0.1) is 0 Å². The van der Waals surface area contributed by atoms with Crippen LogP contribution >= 0.6 is 0 Å². The molecule has 0 aliphatic carbocycles. The van der Waals surface area contributed by atoms with Gasteiger partial charge in [-0.05, 0) is 25.5 Å². The number of imidazole rings is 1. The first-order valence-corrected chi connectivity index (χ1v) is 6.51. The summed E-state index contributed by atoms with van der Waals surface area (Å²) in [7, 11) is 0. The summed E-state index contributed by atoms with van der Waals surface area (Å²) in [5.41, 5.74) is 1.98. The van der Waals surface area contributed by atoms with E-state index in [0.717, 1.165) is 11.0 Å². The molecule has 5 nitrogen and oxygen atoms in total. The number of aliphatic hydroxyl groups is 1. The quantitative estimate of drug-likeness (QED) is 0.824. The summed E-state index contributed by atoms with van der Waals surface area (Å²) in [5, 5.41) is 11.9. The number of amides is 1. The average molecular weight is 261 g/mol. The van der Waals surface area contributed by atoms with Gasteiger partial charge in [-0.3, -0.25) is 4.79 Å². The topological polar surface area (TPSA) is 67.2 Å². The van der Waals surface area contributed by atoms with Gasteiger partial charge in [0.05, 0.1) is 23.5 Å². The summed E-state index contributed by atoms with van der Waals surface area (Å²) in [6.07, 6.45) is 2.38. The molecule has 0 saturated heterocycles.